The van der Waals surface area contributed by atoms with Crippen molar-refractivity contribution >= 4 is 5.91 Å². The van der Waals surface area contributed by atoms with Gasteiger partial charge in [-0.1, -0.05) is 67.6 Å². The third-order valence-corrected chi connectivity index (χ3v) is 6.38. The van der Waals surface area contributed by atoms with Crippen LogP contribution in [0.25, 0.3) is 0 Å². The van der Waals surface area contributed by atoms with Gasteiger partial charge in [0.05, 0.1) is 5.60 Å². The van der Waals surface area contributed by atoms with E-state index < -0.39 is 0 Å². The number of rotatable bonds is 9. The van der Waals surface area contributed by atoms with E-state index in [9.17, 15) is 4.79 Å². The van der Waals surface area contributed by atoms with Crippen molar-refractivity contribution in [1.82, 2.24) is 4.90 Å². The molecule has 162 valence electrons. The van der Waals surface area contributed by atoms with E-state index >= 15 is 0 Å². The molecular weight excluding hydrogens is 370 g/mol. The molecule has 2 atom stereocenters. The summed E-state index contributed by atoms with van der Waals surface area (Å²) in [4.78, 5) is 14.7. The average Bonchev–Trinajstić information content (AvgIpc) is 2.75. The Labute approximate surface area is 182 Å². The lowest BCUT2D eigenvalue weighted by Crippen LogP contribution is -2.39. The minimum atomic E-state index is -0.0547. The van der Waals surface area contributed by atoms with Gasteiger partial charge in [0.25, 0.3) is 0 Å². The lowest BCUT2D eigenvalue weighted by atomic mass is 9.75. The highest BCUT2D eigenvalue weighted by Crippen LogP contribution is 2.36. The van der Waals surface area contributed by atoms with Crippen molar-refractivity contribution in [1.29, 1.82) is 0 Å². The second-order valence-electron chi connectivity index (χ2n) is 9.25. The maximum absolute atomic E-state index is 12.7. The Bertz CT molecular complexity index is 772. The summed E-state index contributed by atoms with van der Waals surface area (Å²) in [6.45, 7) is 8.73. The Morgan fingerprint density at radius 1 is 1.07 bits per heavy atom. The molecule has 2 aromatic rings. The van der Waals surface area contributed by atoms with E-state index in [0.717, 1.165) is 38.8 Å². The molecule has 2 unspecified atom stereocenters. The molecule has 1 amide bonds. The van der Waals surface area contributed by atoms with E-state index in [1.54, 1.807) is 0 Å². The van der Waals surface area contributed by atoms with Gasteiger partial charge in [-0.3, -0.25) is 4.79 Å². The summed E-state index contributed by atoms with van der Waals surface area (Å²) < 4.78 is 5.99. The standard InChI is InChI=1S/C27H37NO2/c1-4-26(29)28(21-23-13-9-6-10-14-23)17-15-24(19-22-11-7-5-8-12-22)25-16-18-30-27(2,3)20-25/h5-14,24-25H,4,15-21H2,1-3H3. The van der Waals surface area contributed by atoms with Crippen LogP contribution < -0.4 is 0 Å². The minimum Gasteiger partial charge on any atom is -0.376 e. The Morgan fingerprint density at radius 3 is 2.30 bits per heavy atom. The second-order valence-corrected chi connectivity index (χ2v) is 9.25. The van der Waals surface area contributed by atoms with Crippen LogP contribution >= 0.6 is 0 Å². The van der Waals surface area contributed by atoms with Crippen LogP contribution in [0.4, 0.5) is 0 Å². The van der Waals surface area contributed by atoms with Crippen molar-refractivity contribution in [3.63, 3.8) is 0 Å². The Hall–Kier alpha value is -2.13. The minimum absolute atomic E-state index is 0.0547. The molecule has 1 fully saturated rings. The van der Waals surface area contributed by atoms with Crippen LogP contribution in [-0.4, -0.2) is 29.6 Å². The third kappa shape index (κ3) is 6.70. The van der Waals surface area contributed by atoms with Gasteiger partial charge >= 0.3 is 0 Å². The summed E-state index contributed by atoms with van der Waals surface area (Å²) in [6, 6.07) is 21.1. The number of amides is 1. The van der Waals surface area contributed by atoms with Gasteiger partial charge in [-0.05, 0) is 62.5 Å². The van der Waals surface area contributed by atoms with Gasteiger partial charge < -0.3 is 9.64 Å². The summed E-state index contributed by atoms with van der Waals surface area (Å²) in [7, 11) is 0. The molecule has 0 aromatic heterocycles. The molecule has 0 radical (unpaired) electrons. The monoisotopic (exact) mass is 407 g/mol. The van der Waals surface area contributed by atoms with Gasteiger partial charge in [-0.15, -0.1) is 0 Å². The van der Waals surface area contributed by atoms with Crippen LogP contribution in [0.15, 0.2) is 60.7 Å². The third-order valence-electron chi connectivity index (χ3n) is 6.38. The molecule has 0 aliphatic carbocycles. The average molecular weight is 408 g/mol. The predicted molar refractivity (Wildman–Crippen MR) is 123 cm³/mol. The molecule has 0 saturated carbocycles. The number of benzene rings is 2. The topological polar surface area (TPSA) is 29.5 Å². The summed E-state index contributed by atoms with van der Waals surface area (Å²) in [5.41, 5.74) is 2.54. The van der Waals surface area contributed by atoms with Gasteiger partial charge in [-0.2, -0.15) is 0 Å². The molecule has 3 heteroatoms. The van der Waals surface area contributed by atoms with Crippen molar-refractivity contribution in [3.05, 3.63) is 71.8 Å². The highest BCUT2D eigenvalue weighted by atomic mass is 16.5. The van der Waals surface area contributed by atoms with Crippen molar-refractivity contribution in [3.8, 4) is 0 Å². The van der Waals surface area contributed by atoms with E-state index in [1.807, 2.05) is 25.1 Å². The molecule has 1 saturated heterocycles. The fourth-order valence-corrected chi connectivity index (χ4v) is 4.74. The Kier molecular flexibility index (Phi) is 8.09. The molecule has 3 rings (SSSR count). The summed E-state index contributed by atoms with van der Waals surface area (Å²) in [5.74, 6) is 1.42. The zero-order valence-electron chi connectivity index (χ0n) is 18.8. The second kappa shape index (κ2) is 10.8. The fourth-order valence-electron chi connectivity index (χ4n) is 4.74. The molecule has 0 N–H and O–H groups in total. The number of carbonyl (C=O) groups excluding carboxylic acids is 1. The number of nitrogens with zero attached hydrogens (tertiary/aromatic N) is 1. The SMILES string of the molecule is CCC(=O)N(CCC(Cc1ccccc1)C1CCOC(C)(C)C1)Cc1ccccc1. The van der Waals surface area contributed by atoms with Crippen LogP contribution in [0, 0.1) is 11.8 Å². The molecule has 0 spiro atoms. The van der Waals surface area contributed by atoms with Crippen LogP contribution in [0.1, 0.15) is 57.6 Å². The smallest absolute Gasteiger partial charge is 0.222 e. The van der Waals surface area contributed by atoms with Gasteiger partial charge in [-0.25, -0.2) is 0 Å². The van der Waals surface area contributed by atoms with Gasteiger partial charge in [0.15, 0.2) is 0 Å². The van der Waals surface area contributed by atoms with Crippen LogP contribution in [0.3, 0.4) is 0 Å². The molecule has 3 nitrogen and oxygen atoms in total. The maximum Gasteiger partial charge on any atom is 0.222 e. The Balaban J connectivity index is 1.72. The predicted octanol–water partition coefficient (Wildman–Crippen LogP) is 5.88. The molecule has 30 heavy (non-hydrogen) atoms. The van der Waals surface area contributed by atoms with Gasteiger partial charge in [0, 0.05) is 26.1 Å². The summed E-state index contributed by atoms with van der Waals surface area (Å²) >= 11 is 0. The van der Waals surface area contributed by atoms with Gasteiger partial charge in [0.1, 0.15) is 0 Å². The van der Waals surface area contributed by atoms with E-state index in [-0.39, 0.29) is 11.5 Å². The summed E-state index contributed by atoms with van der Waals surface area (Å²) in [5, 5.41) is 0. The maximum atomic E-state index is 12.7. The van der Waals surface area contributed by atoms with Crippen LogP contribution in [-0.2, 0) is 22.5 Å². The molecule has 1 aliphatic rings. The number of carbonyl (C=O) groups is 1. The first-order valence-electron chi connectivity index (χ1n) is 11.5. The Morgan fingerprint density at radius 2 is 1.70 bits per heavy atom. The number of ether oxygens (including phenoxy) is 1. The zero-order chi connectivity index (χ0) is 21.4. The van der Waals surface area contributed by atoms with E-state index in [0.29, 0.717) is 24.8 Å². The van der Waals surface area contributed by atoms with Crippen LogP contribution in [0.5, 0.6) is 0 Å². The van der Waals surface area contributed by atoms with E-state index in [1.165, 1.54) is 11.1 Å². The molecule has 2 aromatic carbocycles. The summed E-state index contributed by atoms with van der Waals surface area (Å²) in [6.07, 6.45) is 4.86. The normalized spacial score (nSPS) is 19.2. The van der Waals surface area contributed by atoms with Crippen molar-refractivity contribution in [2.45, 2.75) is 65.0 Å². The molecule has 1 heterocycles. The highest BCUT2D eigenvalue weighted by Gasteiger charge is 2.33. The molecule has 1 aliphatic heterocycles. The zero-order valence-corrected chi connectivity index (χ0v) is 18.8. The van der Waals surface area contributed by atoms with Crippen molar-refractivity contribution in [2.24, 2.45) is 11.8 Å². The first-order chi connectivity index (χ1) is 14.5. The lowest BCUT2D eigenvalue weighted by Gasteiger charge is -2.40. The molecular formula is C27H37NO2. The first-order valence-corrected chi connectivity index (χ1v) is 11.5. The highest BCUT2D eigenvalue weighted by molar-refractivity contribution is 5.75. The largest absolute Gasteiger partial charge is 0.376 e. The van der Waals surface area contributed by atoms with E-state index in [4.69, 9.17) is 4.74 Å². The number of hydrogen-bond acceptors (Lipinski definition) is 2. The van der Waals surface area contributed by atoms with Gasteiger partial charge in [0.2, 0.25) is 5.91 Å². The van der Waals surface area contributed by atoms with E-state index in [2.05, 4.69) is 61.2 Å². The first kappa shape index (κ1) is 22.6. The van der Waals surface area contributed by atoms with Crippen molar-refractivity contribution in [2.75, 3.05) is 13.2 Å². The lowest BCUT2D eigenvalue weighted by molar-refractivity contribution is -0.132. The molecule has 0 bridgehead atoms. The fraction of sp³-hybridized carbons (Fsp3) is 0.519. The number of hydrogen-bond donors (Lipinski definition) is 0. The quantitative estimate of drug-likeness (QED) is 0.519. The van der Waals surface area contributed by atoms with Crippen LogP contribution in [0.2, 0.25) is 0 Å². The van der Waals surface area contributed by atoms with Crippen molar-refractivity contribution < 1.29 is 9.53 Å².